The van der Waals surface area contributed by atoms with Gasteiger partial charge in [0.05, 0.1) is 25.0 Å². The van der Waals surface area contributed by atoms with Crippen molar-refractivity contribution in [1.29, 1.82) is 0 Å². The molecule has 0 amide bonds. The molecular weight excluding hydrogens is 230 g/mol. The molecule has 1 fully saturated rings. The Kier molecular flexibility index (Phi) is 3.46. The summed E-state index contributed by atoms with van der Waals surface area (Å²) in [5.41, 5.74) is 0.328. The van der Waals surface area contributed by atoms with Crippen LogP contribution in [0.25, 0.3) is 0 Å². The summed E-state index contributed by atoms with van der Waals surface area (Å²) in [4.78, 5) is 13.8. The van der Waals surface area contributed by atoms with E-state index in [0.717, 1.165) is 19.5 Å². The average molecular weight is 243 g/mol. The summed E-state index contributed by atoms with van der Waals surface area (Å²) in [5, 5.41) is 12.9. The third-order valence-corrected chi connectivity index (χ3v) is 2.93. The maximum atomic E-state index is 11.8. The van der Waals surface area contributed by atoms with Gasteiger partial charge in [-0.1, -0.05) is 11.6 Å². The maximum absolute atomic E-state index is 11.8. The van der Waals surface area contributed by atoms with Crippen molar-refractivity contribution in [1.82, 2.24) is 9.78 Å². The fourth-order valence-electron chi connectivity index (χ4n) is 1.74. The Balaban J connectivity index is 2.34. The minimum atomic E-state index is -0.347. The van der Waals surface area contributed by atoms with Crippen LogP contribution in [-0.4, -0.2) is 34.6 Å². The standard InChI is InChI=1S/C10H13ClN3O2/c11-9-8(13-3-1-2-4-13)7-12-14(5-6-15)10(9)16/h1,7,15H,2-6H2. The summed E-state index contributed by atoms with van der Waals surface area (Å²) in [6.45, 7) is 1.71. The lowest BCUT2D eigenvalue weighted by molar-refractivity contribution is 0.266. The second-order valence-electron chi connectivity index (χ2n) is 3.62. The number of hydrogen-bond donors (Lipinski definition) is 1. The number of hydrogen-bond acceptors (Lipinski definition) is 4. The highest BCUT2D eigenvalue weighted by atomic mass is 35.5. The van der Waals surface area contributed by atoms with Gasteiger partial charge in [-0.15, -0.1) is 0 Å². The van der Waals surface area contributed by atoms with Crippen LogP contribution in [0.15, 0.2) is 11.0 Å². The molecule has 6 heteroatoms. The van der Waals surface area contributed by atoms with Crippen molar-refractivity contribution in [3.05, 3.63) is 28.0 Å². The molecule has 1 aliphatic rings. The zero-order valence-corrected chi connectivity index (χ0v) is 9.52. The Morgan fingerprint density at radius 1 is 1.56 bits per heavy atom. The van der Waals surface area contributed by atoms with E-state index in [1.807, 2.05) is 4.90 Å². The van der Waals surface area contributed by atoms with Crippen LogP contribution in [0.5, 0.6) is 0 Å². The quantitative estimate of drug-likeness (QED) is 0.829. The summed E-state index contributed by atoms with van der Waals surface area (Å²) < 4.78 is 1.17. The number of anilines is 1. The first-order chi connectivity index (χ1) is 7.74. The summed E-state index contributed by atoms with van der Waals surface area (Å²) in [5.74, 6) is 0. The number of halogens is 1. The molecule has 16 heavy (non-hydrogen) atoms. The second-order valence-corrected chi connectivity index (χ2v) is 4.00. The summed E-state index contributed by atoms with van der Waals surface area (Å²) >= 11 is 6.00. The molecule has 0 bridgehead atoms. The van der Waals surface area contributed by atoms with Crippen molar-refractivity contribution in [3.8, 4) is 0 Å². The third-order valence-electron chi connectivity index (χ3n) is 2.57. The van der Waals surface area contributed by atoms with Gasteiger partial charge in [0.1, 0.15) is 5.02 Å². The monoisotopic (exact) mass is 242 g/mol. The van der Waals surface area contributed by atoms with Crippen LogP contribution in [0.2, 0.25) is 5.02 Å². The van der Waals surface area contributed by atoms with Gasteiger partial charge < -0.3 is 10.0 Å². The lowest BCUT2D eigenvalue weighted by Crippen LogP contribution is -2.28. The van der Waals surface area contributed by atoms with E-state index in [4.69, 9.17) is 16.7 Å². The van der Waals surface area contributed by atoms with E-state index in [9.17, 15) is 4.79 Å². The molecule has 1 aromatic rings. The van der Waals surface area contributed by atoms with Gasteiger partial charge in [0.2, 0.25) is 0 Å². The number of rotatable bonds is 3. The Hall–Kier alpha value is -1.07. The molecular formula is C10H13ClN3O2. The highest BCUT2D eigenvalue weighted by Crippen LogP contribution is 2.24. The zero-order chi connectivity index (χ0) is 11.5. The van der Waals surface area contributed by atoms with E-state index in [-0.39, 0.29) is 23.7 Å². The van der Waals surface area contributed by atoms with E-state index < -0.39 is 0 Å². The molecule has 0 aromatic carbocycles. The van der Waals surface area contributed by atoms with Gasteiger partial charge in [-0.3, -0.25) is 4.79 Å². The minimum absolute atomic E-state index is 0.125. The van der Waals surface area contributed by atoms with Crippen molar-refractivity contribution in [2.24, 2.45) is 0 Å². The molecule has 5 nitrogen and oxygen atoms in total. The van der Waals surface area contributed by atoms with E-state index in [2.05, 4.69) is 11.5 Å². The first-order valence-corrected chi connectivity index (χ1v) is 5.55. The van der Waals surface area contributed by atoms with Crippen molar-refractivity contribution < 1.29 is 5.11 Å². The third kappa shape index (κ3) is 2.05. The number of nitrogens with zero attached hydrogens (tertiary/aromatic N) is 3. The van der Waals surface area contributed by atoms with Gasteiger partial charge in [-0.25, -0.2) is 4.68 Å². The topological polar surface area (TPSA) is 58.4 Å². The lowest BCUT2D eigenvalue weighted by atomic mass is 10.4. The molecule has 2 heterocycles. The first kappa shape index (κ1) is 11.4. The van der Waals surface area contributed by atoms with E-state index in [1.54, 1.807) is 6.20 Å². The zero-order valence-electron chi connectivity index (χ0n) is 8.77. The normalized spacial score (nSPS) is 15.8. The predicted molar refractivity (Wildman–Crippen MR) is 61.7 cm³/mol. The van der Waals surface area contributed by atoms with Crippen molar-refractivity contribution >= 4 is 17.3 Å². The molecule has 2 rings (SSSR count). The largest absolute Gasteiger partial charge is 0.394 e. The van der Waals surface area contributed by atoms with Crippen molar-refractivity contribution in [3.63, 3.8) is 0 Å². The van der Waals surface area contributed by atoms with Gasteiger partial charge in [0.15, 0.2) is 0 Å². The van der Waals surface area contributed by atoms with Crippen LogP contribution in [0.1, 0.15) is 6.42 Å². The van der Waals surface area contributed by atoms with E-state index >= 15 is 0 Å². The van der Waals surface area contributed by atoms with Gasteiger partial charge in [0.25, 0.3) is 5.56 Å². The summed E-state index contributed by atoms with van der Waals surface area (Å²) in [6.07, 6.45) is 4.71. The molecule has 0 atom stereocenters. The molecule has 0 saturated carbocycles. The first-order valence-electron chi connectivity index (χ1n) is 5.17. The molecule has 1 radical (unpaired) electrons. The molecule has 1 saturated heterocycles. The average Bonchev–Trinajstić information content (AvgIpc) is 2.79. The van der Waals surface area contributed by atoms with Crippen LogP contribution in [0.4, 0.5) is 5.69 Å². The highest BCUT2D eigenvalue weighted by Gasteiger charge is 2.18. The molecule has 1 aliphatic heterocycles. The van der Waals surface area contributed by atoms with E-state index in [0.29, 0.717) is 5.69 Å². The highest BCUT2D eigenvalue weighted by molar-refractivity contribution is 6.33. The molecule has 1 aromatic heterocycles. The van der Waals surface area contributed by atoms with Crippen LogP contribution < -0.4 is 10.5 Å². The summed E-state index contributed by atoms with van der Waals surface area (Å²) in [7, 11) is 0. The van der Waals surface area contributed by atoms with Crippen molar-refractivity contribution in [2.45, 2.75) is 13.0 Å². The molecule has 0 aliphatic carbocycles. The Morgan fingerprint density at radius 3 is 3.00 bits per heavy atom. The Morgan fingerprint density at radius 2 is 2.38 bits per heavy atom. The molecule has 0 unspecified atom stereocenters. The lowest BCUT2D eigenvalue weighted by Gasteiger charge is -2.18. The fourth-order valence-corrected chi connectivity index (χ4v) is 2.00. The molecule has 1 N–H and O–H groups in total. The minimum Gasteiger partial charge on any atom is -0.394 e. The summed E-state index contributed by atoms with van der Waals surface area (Å²) in [6, 6.07) is 0. The molecule has 0 spiro atoms. The number of aromatic nitrogens is 2. The van der Waals surface area contributed by atoms with E-state index in [1.165, 1.54) is 4.68 Å². The maximum Gasteiger partial charge on any atom is 0.287 e. The number of aliphatic hydroxyl groups excluding tert-OH is 1. The predicted octanol–water partition coefficient (Wildman–Crippen LogP) is 0.303. The Bertz CT molecular complexity index is 427. The smallest absolute Gasteiger partial charge is 0.287 e. The number of aliphatic hydroxyl groups is 1. The van der Waals surface area contributed by atoms with Gasteiger partial charge in [0, 0.05) is 13.1 Å². The second kappa shape index (κ2) is 4.84. The fraction of sp³-hybridized carbons (Fsp3) is 0.500. The van der Waals surface area contributed by atoms with Crippen molar-refractivity contribution in [2.75, 3.05) is 24.6 Å². The van der Waals surface area contributed by atoms with Crippen LogP contribution in [0.3, 0.4) is 0 Å². The van der Waals surface area contributed by atoms with Gasteiger partial charge in [-0.05, 0) is 12.8 Å². The van der Waals surface area contributed by atoms with Gasteiger partial charge >= 0.3 is 0 Å². The van der Waals surface area contributed by atoms with Crippen LogP contribution >= 0.6 is 11.6 Å². The Labute approximate surface area is 98.3 Å². The molecule has 87 valence electrons. The van der Waals surface area contributed by atoms with Gasteiger partial charge in [-0.2, -0.15) is 5.10 Å². The van der Waals surface area contributed by atoms with Crippen LogP contribution in [0, 0.1) is 6.42 Å². The SMILES string of the molecule is O=c1c(Cl)c(N2C[CH]CC2)cnn1CCO. The van der Waals surface area contributed by atoms with Crippen LogP contribution in [-0.2, 0) is 6.54 Å².